The van der Waals surface area contributed by atoms with Crippen molar-refractivity contribution >= 4 is 28.6 Å². The molecular formula is C21H18F7N3O2S. The van der Waals surface area contributed by atoms with Gasteiger partial charge < -0.3 is 4.74 Å². The molecule has 0 aliphatic carbocycles. The summed E-state index contributed by atoms with van der Waals surface area (Å²) in [7, 11) is 0. The fraction of sp³-hybridized carbons (Fsp3) is 0.333. The highest BCUT2D eigenvalue weighted by atomic mass is 32.2. The standard InChI is InChI=1S/C21H18F7N3O2S/c1-13-2-6-15(7-3-13)31-12-34-18(29-11-20(24,25)26)30(19(31)32)10-14-4-8-16(9-5-14)33-21(27,28)17(22)23/h2-9,17H,10-12H2,1H3/b29-18+. The van der Waals surface area contributed by atoms with Gasteiger partial charge in [0.25, 0.3) is 0 Å². The van der Waals surface area contributed by atoms with Gasteiger partial charge in [0.15, 0.2) is 5.17 Å². The van der Waals surface area contributed by atoms with Crippen LogP contribution in [-0.2, 0) is 6.54 Å². The Morgan fingerprint density at radius 2 is 1.65 bits per heavy atom. The number of nitrogens with zero attached hydrogens (tertiary/aromatic N) is 3. The minimum absolute atomic E-state index is 0.0323. The maximum atomic E-state index is 13.1. The molecule has 0 radical (unpaired) electrons. The minimum atomic E-state index is -4.69. The average molecular weight is 509 g/mol. The molecule has 5 nitrogen and oxygen atoms in total. The zero-order valence-corrected chi connectivity index (χ0v) is 18.3. The van der Waals surface area contributed by atoms with Crippen LogP contribution in [0.25, 0.3) is 0 Å². The number of amides is 2. The number of amidine groups is 1. The van der Waals surface area contributed by atoms with Crippen LogP contribution < -0.4 is 9.64 Å². The summed E-state index contributed by atoms with van der Waals surface area (Å²) in [6, 6.07) is 10.8. The first-order valence-electron chi connectivity index (χ1n) is 9.69. The molecular weight excluding hydrogens is 491 g/mol. The van der Waals surface area contributed by atoms with Gasteiger partial charge in [-0.05, 0) is 36.8 Å². The lowest BCUT2D eigenvalue weighted by molar-refractivity contribution is -0.253. The molecule has 1 saturated heterocycles. The Labute approximate surface area is 194 Å². The van der Waals surface area contributed by atoms with E-state index in [0.29, 0.717) is 11.3 Å². The molecule has 1 aliphatic rings. The Kier molecular flexibility index (Phi) is 7.64. The first kappa shape index (κ1) is 25.7. The van der Waals surface area contributed by atoms with Crippen LogP contribution in [0.3, 0.4) is 0 Å². The van der Waals surface area contributed by atoms with E-state index in [-0.39, 0.29) is 17.6 Å². The molecule has 2 aromatic carbocycles. The van der Waals surface area contributed by atoms with Gasteiger partial charge in [0.2, 0.25) is 0 Å². The van der Waals surface area contributed by atoms with Crippen molar-refractivity contribution in [1.82, 2.24) is 4.90 Å². The van der Waals surface area contributed by atoms with Crippen molar-refractivity contribution in [2.24, 2.45) is 4.99 Å². The third-order valence-electron chi connectivity index (χ3n) is 4.53. The van der Waals surface area contributed by atoms with Crippen LogP contribution in [0.5, 0.6) is 5.75 Å². The molecule has 0 unspecified atom stereocenters. The van der Waals surface area contributed by atoms with Gasteiger partial charge in [-0.1, -0.05) is 41.6 Å². The fourth-order valence-corrected chi connectivity index (χ4v) is 3.82. The highest BCUT2D eigenvalue weighted by Crippen LogP contribution is 2.30. The number of thioether (sulfide) groups is 1. The third kappa shape index (κ3) is 6.55. The molecule has 0 spiro atoms. The van der Waals surface area contributed by atoms with Crippen LogP contribution >= 0.6 is 11.8 Å². The number of aliphatic imine (C=N–C) groups is 1. The molecule has 1 fully saturated rings. The molecule has 0 saturated carbocycles. The first-order chi connectivity index (χ1) is 15.9. The van der Waals surface area contributed by atoms with Crippen LogP contribution in [-0.4, -0.2) is 47.2 Å². The van der Waals surface area contributed by atoms with Crippen LogP contribution in [0.4, 0.5) is 41.2 Å². The van der Waals surface area contributed by atoms with Gasteiger partial charge in [-0.2, -0.15) is 30.7 Å². The summed E-state index contributed by atoms with van der Waals surface area (Å²) in [5, 5.41) is -0.157. The van der Waals surface area contributed by atoms with Gasteiger partial charge in [-0.15, -0.1) is 0 Å². The van der Waals surface area contributed by atoms with Gasteiger partial charge >= 0.3 is 24.7 Å². The highest BCUT2D eigenvalue weighted by Gasteiger charge is 2.44. The minimum Gasteiger partial charge on any atom is -0.428 e. The lowest BCUT2D eigenvalue weighted by Gasteiger charge is -2.36. The highest BCUT2D eigenvalue weighted by molar-refractivity contribution is 8.14. The van der Waals surface area contributed by atoms with Gasteiger partial charge in [0, 0.05) is 5.69 Å². The van der Waals surface area contributed by atoms with Crippen LogP contribution in [0, 0.1) is 6.92 Å². The number of benzene rings is 2. The maximum Gasteiger partial charge on any atom is 0.461 e. The number of anilines is 1. The number of hydrogen-bond donors (Lipinski definition) is 0. The van der Waals surface area contributed by atoms with Gasteiger partial charge in [-0.3, -0.25) is 14.8 Å². The quantitative estimate of drug-likeness (QED) is 0.413. The average Bonchev–Trinajstić information content (AvgIpc) is 2.75. The molecule has 1 heterocycles. The Morgan fingerprint density at radius 3 is 2.21 bits per heavy atom. The summed E-state index contributed by atoms with van der Waals surface area (Å²) >= 11 is 0.930. The van der Waals surface area contributed by atoms with Crippen molar-refractivity contribution in [1.29, 1.82) is 0 Å². The van der Waals surface area contributed by atoms with E-state index in [1.54, 1.807) is 24.3 Å². The third-order valence-corrected chi connectivity index (χ3v) is 5.52. The number of hydrogen-bond acceptors (Lipinski definition) is 4. The normalized spacial score (nSPS) is 16.5. The number of carbonyl (C=O) groups excluding carboxylic acids is 1. The molecule has 1 aliphatic heterocycles. The molecule has 2 amide bonds. The van der Waals surface area contributed by atoms with E-state index in [0.717, 1.165) is 34.4 Å². The second-order valence-corrected chi connectivity index (χ2v) is 8.14. The summed E-state index contributed by atoms with van der Waals surface area (Å²) in [6.07, 6.45) is -13.3. The SMILES string of the molecule is Cc1ccc(N2CS/C(=N/CC(F)(F)F)N(Cc3ccc(OC(F)(F)C(F)F)cc3)C2=O)cc1. The number of aryl methyl sites for hydroxylation is 1. The number of halogens is 7. The number of ether oxygens (including phenoxy) is 1. The Morgan fingerprint density at radius 1 is 1.03 bits per heavy atom. The number of rotatable bonds is 7. The summed E-state index contributed by atoms with van der Waals surface area (Å²) in [5.41, 5.74) is 1.80. The van der Waals surface area contributed by atoms with E-state index in [1.165, 1.54) is 17.0 Å². The van der Waals surface area contributed by atoms with Crippen molar-refractivity contribution in [2.45, 2.75) is 32.2 Å². The monoisotopic (exact) mass is 509 g/mol. The summed E-state index contributed by atoms with van der Waals surface area (Å²) < 4.78 is 92.9. The molecule has 0 atom stereocenters. The second-order valence-electron chi connectivity index (χ2n) is 7.23. The Balaban J connectivity index is 1.83. The van der Waals surface area contributed by atoms with Crippen molar-refractivity contribution in [3.05, 3.63) is 59.7 Å². The smallest absolute Gasteiger partial charge is 0.428 e. The first-order valence-corrected chi connectivity index (χ1v) is 10.7. The Hall–Kier alpha value is -2.96. The van der Waals surface area contributed by atoms with E-state index in [4.69, 9.17) is 0 Å². The molecule has 0 aromatic heterocycles. The van der Waals surface area contributed by atoms with Crippen molar-refractivity contribution in [2.75, 3.05) is 17.3 Å². The predicted molar refractivity (Wildman–Crippen MR) is 113 cm³/mol. The van der Waals surface area contributed by atoms with Crippen LogP contribution in [0.15, 0.2) is 53.5 Å². The zero-order valence-electron chi connectivity index (χ0n) is 17.5. The van der Waals surface area contributed by atoms with Gasteiger partial charge in [0.05, 0.1) is 12.4 Å². The van der Waals surface area contributed by atoms with Crippen molar-refractivity contribution < 1.29 is 40.3 Å². The molecule has 184 valence electrons. The van der Waals surface area contributed by atoms with Crippen molar-refractivity contribution in [3.8, 4) is 5.75 Å². The zero-order chi connectivity index (χ0) is 25.1. The fourth-order valence-electron chi connectivity index (χ4n) is 2.86. The van der Waals surface area contributed by atoms with E-state index in [2.05, 4.69) is 9.73 Å². The summed E-state index contributed by atoms with van der Waals surface area (Å²) in [5.74, 6) is -0.509. The van der Waals surface area contributed by atoms with E-state index >= 15 is 0 Å². The predicted octanol–water partition coefficient (Wildman–Crippen LogP) is 6.28. The Bertz CT molecular complexity index is 1030. The van der Waals surface area contributed by atoms with E-state index in [9.17, 15) is 35.5 Å². The number of urea groups is 1. The van der Waals surface area contributed by atoms with Gasteiger partial charge in [-0.25, -0.2) is 4.79 Å². The van der Waals surface area contributed by atoms with E-state index < -0.39 is 37.0 Å². The molecule has 2 aromatic rings. The van der Waals surface area contributed by atoms with E-state index in [1.807, 2.05) is 6.92 Å². The van der Waals surface area contributed by atoms with Crippen LogP contribution in [0.1, 0.15) is 11.1 Å². The van der Waals surface area contributed by atoms with Crippen molar-refractivity contribution in [3.63, 3.8) is 0 Å². The lowest BCUT2D eigenvalue weighted by atomic mass is 10.2. The summed E-state index contributed by atoms with van der Waals surface area (Å²) in [6.45, 7) is 0.130. The lowest BCUT2D eigenvalue weighted by Crippen LogP contribution is -2.50. The van der Waals surface area contributed by atoms with Gasteiger partial charge in [0.1, 0.15) is 12.3 Å². The molecule has 34 heavy (non-hydrogen) atoms. The maximum absolute atomic E-state index is 13.1. The molecule has 0 N–H and O–H groups in total. The largest absolute Gasteiger partial charge is 0.461 e. The summed E-state index contributed by atoms with van der Waals surface area (Å²) in [4.78, 5) is 19.1. The molecule has 0 bridgehead atoms. The second kappa shape index (κ2) is 10.1. The van der Waals surface area contributed by atoms with Crippen LogP contribution in [0.2, 0.25) is 0 Å². The molecule has 3 rings (SSSR count). The number of carbonyl (C=O) groups is 1. The topological polar surface area (TPSA) is 45.1 Å². The number of alkyl halides is 7. The molecule has 13 heteroatoms.